The summed E-state index contributed by atoms with van der Waals surface area (Å²) < 4.78 is 0. The predicted molar refractivity (Wildman–Crippen MR) is 81.6 cm³/mol. The molecule has 0 atom stereocenters. The molecule has 2 aromatic rings. The van der Waals surface area contributed by atoms with Gasteiger partial charge in [0, 0.05) is 12.0 Å². The quantitative estimate of drug-likeness (QED) is 0.776. The van der Waals surface area contributed by atoms with E-state index in [1.54, 1.807) is 12.1 Å². The first-order chi connectivity index (χ1) is 9.24. The standard InChI is InChI=1S/C15H12N2OS/c18-14-8-4-1-5-10(14)13-9-15(19)17-12-7-3-2-6-11(12)16-13/h1-8,18H,9H2,(H,17,19). The lowest BCUT2D eigenvalue weighted by Crippen LogP contribution is -2.13. The number of hydrogen-bond acceptors (Lipinski definition) is 3. The van der Waals surface area contributed by atoms with Crippen LogP contribution in [0.2, 0.25) is 0 Å². The van der Waals surface area contributed by atoms with Crippen LogP contribution in [0.1, 0.15) is 12.0 Å². The molecular weight excluding hydrogens is 256 g/mol. The Balaban J connectivity index is 2.14. The number of thiocarbonyl (C=S) groups is 1. The summed E-state index contributed by atoms with van der Waals surface area (Å²) >= 11 is 5.32. The highest BCUT2D eigenvalue weighted by Crippen LogP contribution is 2.30. The van der Waals surface area contributed by atoms with Crippen LogP contribution in [0.5, 0.6) is 5.75 Å². The number of aliphatic imine (C=N–C) groups is 1. The van der Waals surface area contributed by atoms with Gasteiger partial charge in [0.2, 0.25) is 0 Å². The molecule has 3 rings (SSSR count). The number of aromatic hydroxyl groups is 1. The van der Waals surface area contributed by atoms with E-state index in [0.717, 1.165) is 22.6 Å². The molecule has 1 heterocycles. The van der Waals surface area contributed by atoms with Crippen molar-refractivity contribution < 1.29 is 5.11 Å². The molecule has 0 unspecified atom stereocenters. The van der Waals surface area contributed by atoms with Gasteiger partial charge in [0.05, 0.1) is 22.1 Å². The number of anilines is 1. The third kappa shape index (κ3) is 2.35. The predicted octanol–water partition coefficient (Wildman–Crippen LogP) is 3.66. The molecule has 4 heteroatoms. The molecule has 0 bridgehead atoms. The van der Waals surface area contributed by atoms with Crippen molar-refractivity contribution in [1.29, 1.82) is 0 Å². The highest BCUT2D eigenvalue weighted by atomic mass is 32.1. The third-order valence-corrected chi connectivity index (χ3v) is 3.22. The smallest absolute Gasteiger partial charge is 0.124 e. The molecule has 1 aliphatic rings. The summed E-state index contributed by atoms with van der Waals surface area (Å²) in [5.74, 6) is 0.225. The molecule has 94 valence electrons. The van der Waals surface area contributed by atoms with Crippen molar-refractivity contribution in [1.82, 2.24) is 0 Å². The van der Waals surface area contributed by atoms with Crippen LogP contribution in [0.4, 0.5) is 11.4 Å². The van der Waals surface area contributed by atoms with Crippen LogP contribution >= 0.6 is 12.2 Å². The van der Waals surface area contributed by atoms with E-state index in [0.29, 0.717) is 11.4 Å². The first-order valence-corrected chi connectivity index (χ1v) is 6.40. The number of fused-ring (bicyclic) bond motifs is 1. The summed E-state index contributed by atoms with van der Waals surface area (Å²) in [7, 11) is 0. The molecule has 0 saturated heterocycles. The summed E-state index contributed by atoms with van der Waals surface area (Å²) in [6, 6.07) is 14.9. The van der Waals surface area contributed by atoms with Gasteiger partial charge in [0.15, 0.2) is 0 Å². The van der Waals surface area contributed by atoms with E-state index in [2.05, 4.69) is 10.3 Å². The molecule has 0 amide bonds. The van der Waals surface area contributed by atoms with E-state index in [4.69, 9.17) is 12.2 Å². The molecular formula is C15H12N2OS. The van der Waals surface area contributed by atoms with Gasteiger partial charge in [-0.2, -0.15) is 0 Å². The van der Waals surface area contributed by atoms with E-state index in [1.807, 2.05) is 36.4 Å². The monoisotopic (exact) mass is 268 g/mol. The Morgan fingerprint density at radius 2 is 1.79 bits per heavy atom. The van der Waals surface area contributed by atoms with E-state index in [-0.39, 0.29) is 5.75 Å². The van der Waals surface area contributed by atoms with E-state index < -0.39 is 0 Å². The Morgan fingerprint density at radius 1 is 1.05 bits per heavy atom. The fourth-order valence-electron chi connectivity index (χ4n) is 2.08. The SMILES string of the molecule is Oc1ccccc1C1=Nc2ccccc2NC(=S)C1. The Labute approximate surface area is 116 Å². The summed E-state index contributed by atoms with van der Waals surface area (Å²) in [6.45, 7) is 0. The number of phenolic OH excluding ortho intramolecular Hbond substituents is 1. The number of nitrogens with one attached hydrogen (secondary N) is 1. The Morgan fingerprint density at radius 3 is 2.63 bits per heavy atom. The second-order valence-corrected chi connectivity index (χ2v) is 4.81. The van der Waals surface area contributed by atoms with Crippen LogP contribution in [-0.2, 0) is 0 Å². The molecule has 1 aliphatic heterocycles. The van der Waals surface area contributed by atoms with Gasteiger partial charge in [-0.05, 0) is 24.3 Å². The number of nitrogens with zero attached hydrogens (tertiary/aromatic N) is 1. The van der Waals surface area contributed by atoms with Gasteiger partial charge in [-0.3, -0.25) is 4.99 Å². The second-order valence-electron chi connectivity index (χ2n) is 4.32. The minimum Gasteiger partial charge on any atom is -0.507 e. The largest absolute Gasteiger partial charge is 0.507 e. The normalized spacial score (nSPS) is 14.1. The summed E-state index contributed by atoms with van der Waals surface area (Å²) in [6.07, 6.45) is 0.515. The topological polar surface area (TPSA) is 44.6 Å². The van der Waals surface area contributed by atoms with E-state index in [9.17, 15) is 5.11 Å². The van der Waals surface area contributed by atoms with Crippen LogP contribution in [0.3, 0.4) is 0 Å². The highest BCUT2D eigenvalue weighted by Gasteiger charge is 2.16. The van der Waals surface area contributed by atoms with Crippen LogP contribution < -0.4 is 5.32 Å². The second kappa shape index (κ2) is 4.82. The van der Waals surface area contributed by atoms with Crippen molar-refractivity contribution in [2.75, 3.05) is 5.32 Å². The number of benzene rings is 2. The summed E-state index contributed by atoms with van der Waals surface area (Å²) in [5.41, 5.74) is 3.24. The van der Waals surface area contributed by atoms with Gasteiger partial charge < -0.3 is 10.4 Å². The fraction of sp³-hybridized carbons (Fsp3) is 0.0667. The van der Waals surface area contributed by atoms with Crippen LogP contribution in [0.15, 0.2) is 53.5 Å². The van der Waals surface area contributed by atoms with Gasteiger partial charge in [-0.1, -0.05) is 36.5 Å². The lowest BCUT2D eigenvalue weighted by Gasteiger charge is -2.06. The van der Waals surface area contributed by atoms with Crippen LogP contribution in [-0.4, -0.2) is 15.8 Å². The van der Waals surface area contributed by atoms with E-state index in [1.165, 1.54) is 0 Å². The molecule has 19 heavy (non-hydrogen) atoms. The number of phenols is 1. The number of para-hydroxylation sites is 3. The lowest BCUT2D eigenvalue weighted by molar-refractivity contribution is 0.474. The summed E-state index contributed by atoms with van der Waals surface area (Å²) in [5, 5.41) is 13.1. The van der Waals surface area contributed by atoms with Crippen molar-refractivity contribution in [2.45, 2.75) is 6.42 Å². The molecule has 2 N–H and O–H groups in total. The zero-order valence-electron chi connectivity index (χ0n) is 10.1. The molecule has 3 nitrogen and oxygen atoms in total. The minimum absolute atomic E-state index is 0.225. The maximum absolute atomic E-state index is 9.94. The van der Waals surface area contributed by atoms with Crippen molar-refractivity contribution >= 4 is 34.3 Å². The number of rotatable bonds is 1. The van der Waals surface area contributed by atoms with Crippen molar-refractivity contribution in [3.63, 3.8) is 0 Å². The maximum Gasteiger partial charge on any atom is 0.124 e. The van der Waals surface area contributed by atoms with Crippen molar-refractivity contribution in [3.05, 3.63) is 54.1 Å². The Hall–Kier alpha value is -2.20. The van der Waals surface area contributed by atoms with Gasteiger partial charge in [-0.25, -0.2) is 0 Å². The molecule has 0 saturated carbocycles. The average Bonchev–Trinajstić information content (AvgIpc) is 2.57. The van der Waals surface area contributed by atoms with Crippen LogP contribution in [0.25, 0.3) is 0 Å². The summed E-state index contributed by atoms with van der Waals surface area (Å²) in [4.78, 5) is 5.33. The van der Waals surface area contributed by atoms with Crippen molar-refractivity contribution in [3.8, 4) is 5.75 Å². The third-order valence-electron chi connectivity index (χ3n) is 2.98. The molecule has 2 aromatic carbocycles. The fourth-order valence-corrected chi connectivity index (χ4v) is 2.33. The lowest BCUT2D eigenvalue weighted by atomic mass is 10.1. The highest BCUT2D eigenvalue weighted by molar-refractivity contribution is 7.80. The maximum atomic E-state index is 9.94. The first kappa shape index (κ1) is 11.9. The van der Waals surface area contributed by atoms with Gasteiger partial charge >= 0.3 is 0 Å². The zero-order chi connectivity index (χ0) is 13.2. The number of hydrogen-bond donors (Lipinski definition) is 2. The zero-order valence-corrected chi connectivity index (χ0v) is 10.9. The molecule has 0 spiro atoms. The molecule has 0 aromatic heterocycles. The molecule has 0 radical (unpaired) electrons. The van der Waals surface area contributed by atoms with Crippen molar-refractivity contribution in [2.24, 2.45) is 4.99 Å². The Bertz CT molecular complexity index is 679. The molecule has 0 fully saturated rings. The average molecular weight is 268 g/mol. The van der Waals surface area contributed by atoms with Gasteiger partial charge in [0.1, 0.15) is 5.75 Å². The van der Waals surface area contributed by atoms with Gasteiger partial charge in [0.25, 0.3) is 0 Å². The molecule has 0 aliphatic carbocycles. The van der Waals surface area contributed by atoms with Crippen LogP contribution in [0, 0.1) is 0 Å². The first-order valence-electron chi connectivity index (χ1n) is 5.99. The Kier molecular flexibility index (Phi) is 3.01. The van der Waals surface area contributed by atoms with E-state index >= 15 is 0 Å². The minimum atomic E-state index is 0.225. The van der Waals surface area contributed by atoms with Gasteiger partial charge in [-0.15, -0.1) is 0 Å².